The number of nitrogens with zero attached hydrogens (tertiary/aromatic N) is 2. The van der Waals surface area contributed by atoms with E-state index >= 15 is 0 Å². The lowest BCUT2D eigenvalue weighted by Crippen LogP contribution is -2.37. The Kier molecular flexibility index (Phi) is 3.20. The first-order chi connectivity index (χ1) is 11.1. The Morgan fingerprint density at radius 1 is 1.30 bits per heavy atom. The van der Waals surface area contributed by atoms with Gasteiger partial charge in [0.1, 0.15) is 5.69 Å². The zero-order chi connectivity index (χ0) is 16.2. The van der Waals surface area contributed by atoms with Crippen LogP contribution in [0.1, 0.15) is 34.9 Å². The first kappa shape index (κ1) is 14.6. The van der Waals surface area contributed by atoms with Gasteiger partial charge in [-0.05, 0) is 50.2 Å². The lowest BCUT2D eigenvalue weighted by molar-refractivity contribution is -0.0708. The van der Waals surface area contributed by atoms with Gasteiger partial charge in [-0.2, -0.15) is 0 Å². The minimum Gasteiger partial charge on any atom is -0.428 e. The third kappa shape index (κ3) is 1.94. The molecule has 1 atom stereocenters. The number of halogens is 2. The molecule has 6 heteroatoms. The largest absolute Gasteiger partial charge is 0.428 e. The highest BCUT2D eigenvalue weighted by atomic mass is 19.1. The van der Waals surface area contributed by atoms with Crippen molar-refractivity contribution < 1.29 is 18.3 Å². The maximum Gasteiger partial charge on any atom is 0.357 e. The van der Waals surface area contributed by atoms with Gasteiger partial charge in [-0.15, -0.1) is 0 Å². The standard InChI is InChI=1S/C17H18F2N2O2/c1-20-6-2-3-13(20)11-4-5-14-12(7-11)8-15-16(22)23-17(9-18,10-19)21(14)15/h4-5,7-8,13H,2-3,6,9-10H2,1H3. The number of likely N-dealkylation sites (tertiary alicyclic amines) is 1. The number of carbonyl (C=O) groups is 1. The number of esters is 1. The molecular formula is C17H18F2N2O2. The van der Waals surface area contributed by atoms with Crippen molar-refractivity contribution in [3.63, 3.8) is 0 Å². The van der Waals surface area contributed by atoms with E-state index in [1.807, 2.05) is 18.2 Å². The molecule has 1 fully saturated rings. The van der Waals surface area contributed by atoms with E-state index in [1.54, 1.807) is 6.07 Å². The van der Waals surface area contributed by atoms with Gasteiger partial charge in [0, 0.05) is 11.4 Å². The van der Waals surface area contributed by atoms with E-state index in [-0.39, 0.29) is 5.69 Å². The quantitative estimate of drug-likeness (QED) is 0.815. The van der Waals surface area contributed by atoms with Gasteiger partial charge in [0.15, 0.2) is 13.3 Å². The van der Waals surface area contributed by atoms with Crippen LogP contribution in [0, 0.1) is 0 Å². The number of benzene rings is 1. The molecule has 23 heavy (non-hydrogen) atoms. The van der Waals surface area contributed by atoms with E-state index in [4.69, 9.17) is 4.74 Å². The van der Waals surface area contributed by atoms with E-state index in [2.05, 4.69) is 11.9 Å². The van der Waals surface area contributed by atoms with Crippen molar-refractivity contribution in [1.82, 2.24) is 9.47 Å². The van der Waals surface area contributed by atoms with Crippen molar-refractivity contribution in [3.05, 3.63) is 35.5 Å². The minimum absolute atomic E-state index is 0.215. The Morgan fingerprint density at radius 3 is 2.74 bits per heavy atom. The molecular weight excluding hydrogens is 302 g/mol. The van der Waals surface area contributed by atoms with Crippen LogP contribution in [0.15, 0.2) is 24.3 Å². The average Bonchev–Trinajstić information content (AvgIpc) is 3.21. The smallest absolute Gasteiger partial charge is 0.357 e. The molecule has 1 unspecified atom stereocenters. The monoisotopic (exact) mass is 320 g/mol. The van der Waals surface area contributed by atoms with Crippen LogP contribution in [0.25, 0.3) is 10.9 Å². The lowest BCUT2D eigenvalue weighted by Gasteiger charge is -2.24. The SMILES string of the molecule is CN1CCCC1c1ccc2c(c1)cc1n2C(CF)(CF)OC1=O. The first-order valence-corrected chi connectivity index (χ1v) is 7.81. The Balaban J connectivity index is 1.86. The van der Waals surface area contributed by atoms with Gasteiger partial charge >= 0.3 is 5.97 Å². The average molecular weight is 320 g/mol. The summed E-state index contributed by atoms with van der Waals surface area (Å²) in [4.78, 5) is 14.3. The predicted octanol–water partition coefficient (Wildman–Crippen LogP) is 3.17. The third-order valence-electron chi connectivity index (χ3n) is 5.05. The fourth-order valence-corrected chi connectivity index (χ4v) is 3.84. The number of rotatable bonds is 3. The molecule has 2 aromatic rings. The van der Waals surface area contributed by atoms with Crippen molar-refractivity contribution in [2.24, 2.45) is 0 Å². The van der Waals surface area contributed by atoms with Gasteiger partial charge in [0.2, 0.25) is 5.72 Å². The molecule has 0 spiro atoms. The molecule has 2 aliphatic heterocycles. The molecule has 0 radical (unpaired) electrons. The minimum atomic E-state index is -1.85. The highest BCUT2D eigenvalue weighted by molar-refractivity contribution is 5.98. The van der Waals surface area contributed by atoms with E-state index in [1.165, 1.54) is 10.1 Å². The Labute approximate surface area is 132 Å². The molecule has 3 heterocycles. The molecule has 0 saturated carbocycles. The second kappa shape index (κ2) is 5.03. The van der Waals surface area contributed by atoms with E-state index < -0.39 is 25.0 Å². The number of carbonyl (C=O) groups excluding carboxylic acids is 1. The number of ether oxygens (including phenoxy) is 1. The number of alkyl halides is 2. The molecule has 122 valence electrons. The van der Waals surface area contributed by atoms with Gasteiger partial charge in [-0.3, -0.25) is 9.47 Å². The van der Waals surface area contributed by atoms with Crippen LogP contribution in [-0.2, 0) is 10.5 Å². The van der Waals surface area contributed by atoms with Crippen molar-refractivity contribution in [1.29, 1.82) is 0 Å². The molecule has 2 aliphatic rings. The van der Waals surface area contributed by atoms with Crippen LogP contribution in [0.5, 0.6) is 0 Å². The molecule has 4 rings (SSSR count). The van der Waals surface area contributed by atoms with Gasteiger partial charge in [-0.1, -0.05) is 6.07 Å². The number of hydrogen-bond acceptors (Lipinski definition) is 3. The molecule has 4 nitrogen and oxygen atoms in total. The molecule has 1 saturated heterocycles. The molecule has 1 aromatic carbocycles. The molecule has 0 N–H and O–H groups in total. The molecule has 0 bridgehead atoms. The van der Waals surface area contributed by atoms with Gasteiger partial charge in [0.25, 0.3) is 0 Å². The van der Waals surface area contributed by atoms with E-state index in [9.17, 15) is 13.6 Å². The number of fused-ring (bicyclic) bond motifs is 3. The number of aromatic nitrogens is 1. The maximum atomic E-state index is 13.4. The fraction of sp³-hybridized carbons (Fsp3) is 0.471. The molecule has 1 aromatic heterocycles. The third-order valence-corrected chi connectivity index (χ3v) is 5.05. The second-order valence-electron chi connectivity index (χ2n) is 6.42. The highest BCUT2D eigenvalue weighted by Gasteiger charge is 2.47. The summed E-state index contributed by atoms with van der Waals surface area (Å²) in [7, 11) is 2.09. The van der Waals surface area contributed by atoms with Crippen LogP contribution in [0.4, 0.5) is 8.78 Å². The van der Waals surface area contributed by atoms with Crippen LogP contribution < -0.4 is 0 Å². The summed E-state index contributed by atoms with van der Waals surface area (Å²) < 4.78 is 33.2. The van der Waals surface area contributed by atoms with Crippen molar-refractivity contribution in [3.8, 4) is 0 Å². The van der Waals surface area contributed by atoms with Crippen molar-refractivity contribution in [2.75, 3.05) is 26.9 Å². The topological polar surface area (TPSA) is 34.5 Å². The van der Waals surface area contributed by atoms with Crippen molar-refractivity contribution in [2.45, 2.75) is 24.6 Å². The Morgan fingerprint density at radius 2 is 2.09 bits per heavy atom. The number of hydrogen-bond donors (Lipinski definition) is 0. The lowest BCUT2D eigenvalue weighted by atomic mass is 10.0. The first-order valence-electron chi connectivity index (χ1n) is 7.81. The summed E-state index contributed by atoms with van der Waals surface area (Å²) in [6.07, 6.45) is 2.25. The summed E-state index contributed by atoms with van der Waals surface area (Å²) in [5.41, 5.74) is 0.166. The van der Waals surface area contributed by atoms with Crippen LogP contribution in [0.2, 0.25) is 0 Å². The molecule has 0 aliphatic carbocycles. The van der Waals surface area contributed by atoms with Crippen LogP contribution in [-0.4, -0.2) is 42.4 Å². The summed E-state index contributed by atoms with van der Waals surface area (Å²) in [6.45, 7) is -1.10. The molecule has 0 amide bonds. The highest BCUT2D eigenvalue weighted by Crippen LogP contribution is 2.38. The van der Waals surface area contributed by atoms with Crippen LogP contribution >= 0.6 is 0 Å². The predicted molar refractivity (Wildman–Crippen MR) is 81.9 cm³/mol. The maximum absolute atomic E-state index is 13.4. The van der Waals surface area contributed by atoms with Crippen molar-refractivity contribution >= 4 is 16.9 Å². The van der Waals surface area contributed by atoms with Gasteiger partial charge in [-0.25, -0.2) is 13.6 Å². The second-order valence-corrected chi connectivity index (χ2v) is 6.42. The fourth-order valence-electron chi connectivity index (χ4n) is 3.84. The summed E-state index contributed by atoms with van der Waals surface area (Å²) in [5.74, 6) is -0.670. The summed E-state index contributed by atoms with van der Waals surface area (Å²) in [6, 6.07) is 7.85. The normalized spacial score (nSPS) is 23.4. The number of cyclic esters (lactones) is 1. The van der Waals surface area contributed by atoms with Crippen LogP contribution in [0.3, 0.4) is 0 Å². The van der Waals surface area contributed by atoms with E-state index in [0.29, 0.717) is 11.6 Å². The van der Waals surface area contributed by atoms with Gasteiger partial charge < -0.3 is 4.74 Å². The zero-order valence-electron chi connectivity index (χ0n) is 12.9. The zero-order valence-corrected chi connectivity index (χ0v) is 12.9. The van der Waals surface area contributed by atoms with Gasteiger partial charge in [0.05, 0.1) is 5.52 Å². The van der Waals surface area contributed by atoms with E-state index in [0.717, 1.165) is 24.8 Å². The summed E-state index contributed by atoms with van der Waals surface area (Å²) >= 11 is 0. The Bertz CT molecular complexity index is 782. The Hall–Kier alpha value is -1.95. The summed E-state index contributed by atoms with van der Waals surface area (Å²) in [5, 5.41) is 0.820.